The van der Waals surface area contributed by atoms with Crippen LogP contribution in [0, 0.1) is 11.8 Å². The number of anilines is 1. The Hall–Kier alpha value is -0.200. The number of amides is 1. The number of halogens is 2. The van der Waals surface area contributed by atoms with Crippen LogP contribution in [0.25, 0.3) is 0 Å². The third-order valence-corrected chi connectivity index (χ3v) is 6.23. The molecule has 0 radical (unpaired) electrons. The molecule has 0 aliphatic carbocycles. The van der Waals surface area contributed by atoms with Crippen molar-refractivity contribution >= 4 is 54.1 Å². The Bertz CT molecular complexity index is 545. The van der Waals surface area contributed by atoms with E-state index in [0.29, 0.717) is 27.6 Å². The second-order valence-electron chi connectivity index (χ2n) is 5.83. The number of benzene rings is 1. The number of rotatable bonds is 5. The van der Waals surface area contributed by atoms with Crippen LogP contribution in [-0.4, -0.2) is 17.4 Å². The van der Waals surface area contributed by atoms with E-state index in [-0.39, 0.29) is 16.6 Å². The molecule has 1 amide bonds. The predicted octanol–water partition coefficient (Wildman–Crippen LogP) is 5.05. The third kappa shape index (κ3) is 6.20. The Balaban J connectivity index is 3.12. The number of nitrogens with two attached hydrogens (primary N) is 1. The van der Waals surface area contributed by atoms with Gasteiger partial charge >= 0.3 is 0 Å². The van der Waals surface area contributed by atoms with Crippen molar-refractivity contribution in [2.45, 2.75) is 27.7 Å². The number of hydrogen-bond acceptors (Lipinski definition) is 2. The van der Waals surface area contributed by atoms with E-state index in [1.807, 2.05) is 6.07 Å². The fourth-order valence-corrected chi connectivity index (χ4v) is 5.22. The van der Waals surface area contributed by atoms with Crippen LogP contribution in [0.1, 0.15) is 38.1 Å². The maximum absolute atomic E-state index is 12.5. The molecule has 1 aromatic rings. The van der Waals surface area contributed by atoms with Gasteiger partial charge in [-0.1, -0.05) is 54.3 Å². The molecule has 0 unspecified atom stereocenters. The third-order valence-electron chi connectivity index (χ3n) is 2.59. The molecule has 0 aliphatic rings. The van der Waals surface area contributed by atoms with Gasteiger partial charge in [-0.05, 0) is 39.9 Å². The largest absolute Gasteiger partial charge is 0.397 e. The summed E-state index contributed by atoms with van der Waals surface area (Å²) in [4.78, 5) is 12.5. The van der Waals surface area contributed by atoms with Gasteiger partial charge in [0.1, 0.15) is 0 Å². The maximum Gasteiger partial charge on any atom is 0.285 e. The minimum Gasteiger partial charge on any atom is -0.397 e. The van der Waals surface area contributed by atoms with Gasteiger partial charge < -0.3 is 5.73 Å². The smallest absolute Gasteiger partial charge is 0.285 e. The molecule has 0 fully saturated rings. The van der Waals surface area contributed by atoms with Crippen molar-refractivity contribution < 1.29 is 4.79 Å². The van der Waals surface area contributed by atoms with Crippen LogP contribution in [0.15, 0.2) is 25.4 Å². The molecule has 118 valence electrons. The molecule has 3 nitrogen and oxygen atoms in total. The van der Waals surface area contributed by atoms with Crippen LogP contribution in [0.4, 0.5) is 5.69 Å². The Morgan fingerprint density at radius 3 is 2.19 bits per heavy atom. The summed E-state index contributed by atoms with van der Waals surface area (Å²) < 4.78 is 5.96. The summed E-state index contributed by atoms with van der Waals surface area (Å²) in [5.74, 6) is 2.71. The average Bonchev–Trinajstić information content (AvgIpc) is 2.31. The van der Waals surface area contributed by atoms with E-state index in [1.165, 1.54) is 0 Å². The number of nitrogens with zero attached hydrogens (tertiary/aromatic N) is 1. The van der Waals surface area contributed by atoms with Gasteiger partial charge in [-0.15, -0.1) is 0 Å². The highest BCUT2D eigenvalue weighted by Crippen LogP contribution is 2.29. The summed E-state index contributed by atoms with van der Waals surface area (Å²) in [6.07, 6.45) is 0. The van der Waals surface area contributed by atoms with Crippen LogP contribution in [0.5, 0.6) is 0 Å². The van der Waals surface area contributed by atoms with Crippen molar-refractivity contribution in [2.75, 3.05) is 17.2 Å². The van der Waals surface area contributed by atoms with Crippen molar-refractivity contribution in [1.82, 2.24) is 0 Å². The van der Waals surface area contributed by atoms with Crippen molar-refractivity contribution in [2.24, 2.45) is 16.2 Å². The number of carbonyl (C=O) groups excluding carboxylic acids is 1. The normalized spacial score (nSPS) is 11.5. The molecule has 0 saturated heterocycles. The lowest BCUT2D eigenvalue weighted by Crippen LogP contribution is -2.14. The van der Waals surface area contributed by atoms with Crippen LogP contribution >= 0.6 is 31.9 Å². The van der Waals surface area contributed by atoms with Gasteiger partial charge in [-0.2, -0.15) is 4.36 Å². The summed E-state index contributed by atoms with van der Waals surface area (Å²) >= 11 is 6.75. The number of hydrogen-bond donors (Lipinski definition) is 1. The topological polar surface area (TPSA) is 55.5 Å². The van der Waals surface area contributed by atoms with Gasteiger partial charge in [0.05, 0.1) is 11.3 Å². The van der Waals surface area contributed by atoms with Crippen molar-refractivity contribution in [1.29, 1.82) is 0 Å². The first kappa shape index (κ1) is 18.8. The fourth-order valence-electron chi connectivity index (χ4n) is 1.84. The summed E-state index contributed by atoms with van der Waals surface area (Å²) in [6, 6.07) is 3.56. The molecule has 0 spiro atoms. The fraction of sp³-hybridized carbons (Fsp3) is 0.533. The van der Waals surface area contributed by atoms with Gasteiger partial charge in [-0.3, -0.25) is 4.79 Å². The molecule has 0 saturated carbocycles. The number of nitrogen functional groups attached to an aromatic ring is 1. The summed E-state index contributed by atoms with van der Waals surface area (Å²) in [7, 11) is -0.247. The van der Waals surface area contributed by atoms with Crippen LogP contribution in [0.3, 0.4) is 0 Å². The monoisotopic (exact) mass is 436 g/mol. The Kier molecular flexibility index (Phi) is 7.57. The quantitative estimate of drug-likeness (QED) is 0.655. The van der Waals surface area contributed by atoms with Gasteiger partial charge in [0.25, 0.3) is 5.91 Å². The second-order valence-corrected chi connectivity index (χ2v) is 9.37. The molecule has 0 heterocycles. The predicted molar refractivity (Wildman–Crippen MR) is 99.8 cm³/mol. The minimum absolute atomic E-state index is 0.223. The lowest BCUT2D eigenvalue weighted by molar-refractivity contribution is 0.101. The molecule has 0 bridgehead atoms. The molecule has 0 atom stereocenters. The minimum atomic E-state index is -0.247. The van der Waals surface area contributed by atoms with E-state index in [1.54, 1.807) is 6.07 Å². The SMILES string of the molecule is CC(C)CS(CC(C)C)=NC(=O)c1cc(Br)cc(Br)c1N. The highest BCUT2D eigenvalue weighted by Gasteiger charge is 2.14. The van der Waals surface area contributed by atoms with Crippen molar-refractivity contribution in [3.05, 3.63) is 26.6 Å². The molecule has 21 heavy (non-hydrogen) atoms. The Labute approximate surface area is 146 Å². The molecule has 1 aromatic carbocycles. The summed E-state index contributed by atoms with van der Waals surface area (Å²) in [6.45, 7) is 8.63. The van der Waals surface area contributed by atoms with E-state index in [0.717, 1.165) is 16.0 Å². The lowest BCUT2D eigenvalue weighted by Gasteiger charge is -2.13. The van der Waals surface area contributed by atoms with Crippen LogP contribution in [-0.2, 0) is 10.7 Å². The van der Waals surface area contributed by atoms with E-state index in [9.17, 15) is 4.79 Å². The highest BCUT2D eigenvalue weighted by atomic mass is 79.9. The van der Waals surface area contributed by atoms with Crippen LogP contribution < -0.4 is 5.73 Å². The average molecular weight is 438 g/mol. The standard InChI is InChI=1S/C15H22Br2N2OS/c1-9(2)7-21(8-10(3)4)19-15(20)12-5-11(16)6-13(17)14(12)18/h5-6,9-10H,7-8,18H2,1-4H3. The second kappa shape index (κ2) is 8.44. The van der Waals surface area contributed by atoms with E-state index < -0.39 is 0 Å². The molecular formula is C15H22Br2N2OS. The first-order valence-corrected chi connectivity index (χ1v) is 9.99. The molecule has 6 heteroatoms. The number of carbonyl (C=O) groups is 1. The van der Waals surface area contributed by atoms with Crippen molar-refractivity contribution in [3.63, 3.8) is 0 Å². The molecule has 0 aromatic heterocycles. The van der Waals surface area contributed by atoms with Crippen LogP contribution in [0.2, 0.25) is 0 Å². The first-order valence-electron chi connectivity index (χ1n) is 6.88. The lowest BCUT2D eigenvalue weighted by atomic mass is 10.2. The Morgan fingerprint density at radius 1 is 1.19 bits per heavy atom. The van der Waals surface area contributed by atoms with Gasteiger partial charge in [-0.25, -0.2) is 0 Å². The molecule has 1 rings (SSSR count). The zero-order chi connectivity index (χ0) is 16.2. The zero-order valence-corrected chi connectivity index (χ0v) is 16.8. The highest BCUT2D eigenvalue weighted by molar-refractivity contribution is 9.11. The molecular weight excluding hydrogens is 416 g/mol. The summed E-state index contributed by atoms with van der Waals surface area (Å²) in [5.41, 5.74) is 6.89. The van der Waals surface area contributed by atoms with E-state index >= 15 is 0 Å². The molecule has 0 aliphatic heterocycles. The zero-order valence-electron chi connectivity index (χ0n) is 12.8. The van der Waals surface area contributed by atoms with E-state index in [2.05, 4.69) is 63.9 Å². The van der Waals surface area contributed by atoms with Crippen molar-refractivity contribution in [3.8, 4) is 0 Å². The van der Waals surface area contributed by atoms with Gasteiger partial charge in [0, 0.05) is 20.5 Å². The maximum atomic E-state index is 12.5. The molecule has 2 N–H and O–H groups in total. The van der Waals surface area contributed by atoms with Gasteiger partial charge in [0.2, 0.25) is 0 Å². The van der Waals surface area contributed by atoms with Gasteiger partial charge in [0.15, 0.2) is 0 Å². The summed E-state index contributed by atoms with van der Waals surface area (Å²) in [5, 5.41) is 0. The Morgan fingerprint density at radius 2 is 1.71 bits per heavy atom. The first-order chi connectivity index (χ1) is 9.70. The van der Waals surface area contributed by atoms with E-state index in [4.69, 9.17) is 5.73 Å².